The van der Waals surface area contributed by atoms with Crippen LogP contribution in [0, 0.1) is 13.8 Å². The van der Waals surface area contributed by atoms with Crippen molar-refractivity contribution in [2.75, 3.05) is 10.6 Å². The van der Waals surface area contributed by atoms with Gasteiger partial charge in [0.15, 0.2) is 0 Å². The van der Waals surface area contributed by atoms with E-state index < -0.39 is 17.1 Å². The lowest BCUT2D eigenvalue weighted by atomic mass is 10.1. The second kappa shape index (κ2) is 15.6. The minimum absolute atomic E-state index is 0.0174. The Kier molecular flexibility index (Phi) is 11.2. The van der Waals surface area contributed by atoms with E-state index in [1.165, 1.54) is 17.8 Å². The normalized spacial score (nSPS) is 11.8. The fraction of sp³-hybridized carbons (Fsp3) is 0.0789. The Labute approximate surface area is 288 Å². The van der Waals surface area contributed by atoms with Crippen molar-refractivity contribution >= 4 is 70.1 Å². The molecule has 0 bridgehead atoms. The van der Waals surface area contributed by atoms with Gasteiger partial charge in [0.2, 0.25) is 5.91 Å². The fourth-order valence-corrected chi connectivity index (χ4v) is 6.21. The van der Waals surface area contributed by atoms with Crippen molar-refractivity contribution in [1.29, 1.82) is 0 Å². The van der Waals surface area contributed by atoms with E-state index in [2.05, 4.69) is 16.0 Å². The van der Waals surface area contributed by atoms with E-state index in [0.29, 0.717) is 26.9 Å². The molecule has 0 heterocycles. The Hall–Kier alpha value is -4.82. The molecule has 0 spiro atoms. The SMILES string of the molecule is Cc1ccc(C)c(NC(=O)C(Sc2cccc(NC(=O)/C(=C\c3ccc(Cl)cc3Cl)NC(=O)c3ccccc3)c2)c2ccccc2)c1. The third kappa shape index (κ3) is 9.14. The molecule has 236 valence electrons. The minimum Gasteiger partial charge on any atom is -0.325 e. The second-order valence-electron chi connectivity index (χ2n) is 10.7. The molecule has 3 amide bonds. The van der Waals surface area contributed by atoms with Gasteiger partial charge in [0.25, 0.3) is 11.8 Å². The van der Waals surface area contributed by atoms with E-state index in [9.17, 15) is 14.4 Å². The summed E-state index contributed by atoms with van der Waals surface area (Å²) in [7, 11) is 0. The van der Waals surface area contributed by atoms with Crippen molar-refractivity contribution < 1.29 is 14.4 Å². The Morgan fingerprint density at radius 1 is 0.745 bits per heavy atom. The van der Waals surface area contributed by atoms with Crippen LogP contribution in [0.2, 0.25) is 10.0 Å². The van der Waals surface area contributed by atoms with Gasteiger partial charge in [0.05, 0.1) is 0 Å². The predicted molar refractivity (Wildman–Crippen MR) is 193 cm³/mol. The molecular formula is C38H31Cl2N3O3S. The van der Waals surface area contributed by atoms with Crippen LogP contribution < -0.4 is 16.0 Å². The van der Waals surface area contributed by atoms with Crippen LogP contribution in [0.5, 0.6) is 0 Å². The highest BCUT2D eigenvalue weighted by Crippen LogP contribution is 2.37. The highest BCUT2D eigenvalue weighted by Gasteiger charge is 2.23. The molecule has 0 aromatic heterocycles. The third-order valence-corrected chi connectivity index (χ3v) is 8.94. The van der Waals surface area contributed by atoms with Gasteiger partial charge in [-0.05, 0) is 90.7 Å². The number of carbonyl (C=O) groups is 3. The molecule has 0 fully saturated rings. The van der Waals surface area contributed by atoms with Gasteiger partial charge in [-0.15, -0.1) is 11.8 Å². The number of anilines is 2. The predicted octanol–water partition coefficient (Wildman–Crippen LogP) is 9.49. The molecule has 0 saturated heterocycles. The van der Waals surface area contributed by atoms with E-state index in [1.54, 1.807) is 66.7 Å². The lowest BCUT2D eigenvalue weighted by Crippen LogP contribution is -2.30. The standard InChI is InChI=1S/C38H31Cl2N3O3S/c1-24-16-17-25(2)33(20-24)42-38(46)35(26-10-5-3-6-11-26)47-31-15-9-14-30(23-31)41-37(45)34(21-28-18-19-29(39)22-32(28)40)43-36(44)27-12-7-4-8-13-27/h3-23,35H,1-2H3,(H,41,45)(H,42,46)(H,43,44)/b34-21+. The fourth-order valence-electron chi connectivity index (χ4n) is 4.67. The Bertz CT molecular complexity index is 1950. The van der Waals surface area contributed by atoms with Gasteiger partial charge in [-0.25, -0.2) is 0 Å². The van der Waals surface area contributed by atoms with E-state index in [0.717, 1.165) is 27.3 Å². The Balaban J connectivity index is 1.40. The zero-order chi connectivity index (χ0) is 33.3. The van der Waals surface area contributed by atoms with Crippen LogP contribution in [0.25, 0.3) is 6.08 Å². The first-order valence-electron chi connectivity index (χ1n) is 14.7. The third-order valence-electron chi connectivity index (χ3n) is 7.13. The summed E-state index contributed by atoms with van der Waals surface area (Å²) in [4.78, 5) is 41.2. The molecule has 47 heavy (non-hydrogen) atoms. The molecular weight excluding hydrogens is 649 g/mol. The van der Waals surface area contributed by atoms with Gasteiger partial charge in [-0.2, -0.15) is 0 Å². The summed E-state index contributed by atoms with van der Waals surface area (Å²) in [6.45, 7) is 3.94. The zero-order valence-electron chi connectivity index (χ0n) is 25.6. The van der Waals surface area contributed by atoms with Crippen LogP contribution >= 0.6 is 35.0 Å². The Morgan fingerprint density at radius 2 is 1.47 bits per heavy atom. The monoisotopic (exact) mass is 679 g/mol. The van der Waals surface area contributed by atoms with Crippen molar-refractivity contribution in [2.24, 2.45) is 0 Å². The van der Waals surface area contributed by atoms with Gasteiger partial charge in [0.1, 0.15) is 10.9 Å². The topological polar surface area (TPSA) is 87.3 Å². The first-order valence-corrected chi connectivity index (χ1v) is 16.3. The minimum atomic E-state index is -0.574. The van der Waals surface area contributed by atoms with Crippen LogP contribution in [0.4, 0.5) is 11.4 Å². The smallest absolute Gasteiger partial charge is 0.272 e. The maximum atomic E-state index is 13.7. The molecule has 0 aliphatic heterocycles. The lowest BCUT2D eigenvalue weighted by molar-refractivity contribution is -0.116. The Morgan fingerprint density at radius 3 is 2.19 bits per heavy atom. The number of halogens is 2. The molecule has 5 rings (SSSR count). The van der Waals surface area contributed by atoms with Gasteiger partial charge in [-0.1, -0.05) is 96.0 Å². The van der Waals surface area contributed by atoms with Crippen LogP contribution in [-0.2, 0) is 9.59 Å². The van der Waals surface area contributed by atoms with Crippen LogP contribution in [0.3, 0.4) is 0 Å². The summed E-state index contributed by atoms with van der Waals surface area (Å²) in [6, 6.07) is 36.1. The van der Waals surface area contributed by atoms with Gasteiger partial charge in [-0.3, -0.25) is 14.4 Å². The van der Waals surface area contributed by atoms with Crippen molar-refractivity contribution in [3.63, 3.8) is 0 Å². The van der Waals surface area contributed by atoms with Crippen molar-refractivity contribution in [2.45, 2.75) is 24.0 Å². The number of thioether (sulfide) groups is 1. The number of aryl methyl sites for hydroxylation is 2. The highest BCUT2D eigenvalue weighted by atomic mass is 35.5. The number of rotatable bonds is 10. The molecule has 0 saturated carbocycles. The molecule has 6 nitrogen and oxygen atoms in total. The quantitative estimate of drug-likeness (QED) is 0.101. The van der Waals surface area contributed by atoms with Crippen molar-refractivity contribution in [3.05, 3.63) is 165 Å². The molecule has 9 heteroatoms. The first kappa shape index (κ1) is 33.5. The maximum Gasteiger partial charge on any atom is 0.272 e. The summed E-state index contributed by atoms with van der Waals surface area (Å²) < 4.78 is 0. The lowest BCUT2D eigenvalue weighted by Gasteiger charge is -2.19. The second-order valence-corrected chi connectivity index (χ2v) is 12.8. The van der Waals surface area contributed by atoms with Crippen molar-refractivity contribution in [3.8, 4) is 0 Å². The summed E-state index contributed by atoms with van der Waals surface area (Å²) in [6.07, 6.45) is 1.50. The summed E-state index contributed by atoms with van der Waals surface area (Å²) >= 11 is 13.8. The number of amides is 3. The molecule has 1 atom stereocenters. The molecule has 0 aliphatic rings. The van der Waals surface area contributed by atoms with E-state index in [-0.39, 0.29) is 11.6 Å². The summed E-state index contributed by atoms with van der Waals surface area (Å²) in [5, 5.41) is 8.89. The average molecular weight is 681 g/mol. The number of benzene rings is 5. The van der Waals surface area contributed by atoms with Gasteiger partial charge >= 0.3 is 0 Å². The van der Waals surface area contributed by atoms with Crippen LogP contribution in [0.15, 0.2) is 132 Å². The number of carbonyl (C=O) groups excluding carboxylic acids is 3. The molecule has 0 aliphatic carbocycles. The van der Waals surface area contributed by atoms with Crippen molar-refractivity contribution in [1.82, 2.24) is 5.32 Å². The molecule has 1 unspecified atom stereocenters. The van der Waals surface area contributed by atoms with E-state index in [4.69, 9.17) is 23.2 Å². The summed E-state index contributed by atoms with van der Waals surface area (Å²) in [5.74, 6) is -1.19. The maximum absolute atomic E-state index is 13.7. The molecule has 5 aromatic rings. The first-order chi connectivity index (χ1) is 22.7. The highest BCUT2D eigenvalue weighted by molar-refractivity contribution is 8.00. The van der Waals surface area contributed by atoms with E-state index >= 15 is 0 Å². The van der Waals surface area contributed by atoms with Crippen LogP contribution in [-0.4, -0.2) is 17.7 Å². The van der Waals surface area contributed by atoms with Crippen LogP contribution in [0.1, 0.15) is 37.9 Å². The number of nitrogens with one attached hydrogen (secondary N) is 3. The zero-order valence-corrected chi connectivity index (χ0v) is 27.9. The van der Waals surface area contributed by atoms with Gasteiger partial charge in [0, 0.05) is 31.9 Å². The summed E-state index contributed by atoms with van der Waals surface area (Å²) in [5.41, 5.74) is 4.95. The molecule has 5 aromatic carbocycles. The largest absolute Gasteiger partial charge is 0.325 e. The number of hydrogen-bond acceptors (Lipinski definition) is 4. The molecule has 0 radical (unpaired) electrons. The average Bonchev–Trinajstić information content (AvgIpc) is 3.07. The van der Waals surface area contributed by atoms with E-state index in [1.807, 2.05) is 68.4 Å². The molecule has 3 N–H and O–H groups in total. The number of hydrogen-bond donors (Lipinski definition) is 3. The van der Waals surface area contributed by atoms with Gasteiger partial charge < -0.3 is 16.0 Å².